The van der Waals surface area contributed by atoms with Gasteiger partial charge < -0.3 is 25.3 Å². The molecule has 0 heterocycles. The van der Waals surface area contributed by atoms with Crippen molar-refractivity contribution < 1.29 is 14.2 Å². The first-order valence-electron chi connectivity index (χ1n) is 6.10. The normalized spacial score (nSPS) is 10.3. The van der Waals surface area contributed by atoms with E-state index < -0.39 is 0 Å². The molecule has 0 amide bonds. The maximum atomic E-state index is 5.79. The highest BCUT2D eigenvalue weighted by Gasteiger charge is 2.01. The highest BCUT2D eigenvalue weighted by Crippen LogP contribution is 2.25. The molecule has 1 rings (SSSR count). The highest BCUT2D eigenvalue weighted by atomic mass is 16.5. The van der Waals surface area contributed by atoms with Gasteiger partial charge in [-0.3, -0.25) is 0 Å². The number of nitrogens with two attached hydrogens (primary N) is 1. The summed E-state index contributed by atoms with van der Waals surface area (Å²) >= 11 is 0. The molecule has 0 fully saturated rings. The van der Waals surface area contributed by atoms with E-state index in [0.29, 0.717) is 37.9 Å². The van der Waals surface area contributed by atoms with Gasteiger partial charge in [0, 0.05) is 25.4 Å². The van der Waals surface area contributed by atoms with Gasteiger partial charge in [0.15, 0.2) is 0 Å². The lowest BCUT2D eigenvalue weighted by Gasteiger charge is -2.11. The van der Waals surface area contributed by atoms with Gasteiger partial charge >= 0.3 is 0 Å². The molecule has 0 spiro atoms. The number of rotatable bonds is 9. The number of anilines is 2. The lowest BCUT2D eigenvalue weighted by atomic mass is 10.2. The number of nitrogens with one attached hydrogen (secondary N) is 1. The van der Waals surface area contributed by atoms with Crippen LogP contribution in [0.3, 0.4) is 0 Å². The van der Waals surface area contributed by atoms with Gasteiger partial charge in [0.25, 0.3) is 0 Å². The van der Waals surface area contributed by atoms with Crippen molar-refractivity contribution in [1.29, 1.82) is 0 Å². The van der Waals surface area contributed by atoms with Crippen LogP contribution in [0.4, 0.5) is 11.4 Å². The summed E-state index contributed by atoms with van der Waals surface area (Å²) < 4.78 is 15.7. The van der Waals surface area contributed by atoms with Gasteiger partial charge in [-0.2, -0.15) is 0 Å². The minimum atomic E-state index is 0.605. The van der Waals surface area contributed by atoms with Gasteiger partial charge in [0.2, 0.25) is 0 Å². The zero-order valence-electron chi connectivity index (χ0n) is 11.1. The van der Waals surface area contributed by atoms with Crippen LogP contribution in [-0.2, 0) is 9.47 Å². The lowest BCUT2D eigenvalue weighted by molar-refractivity contribution is 0.0759. The minimum Gasteiger partial charge on any atom is -0.492 e. The van der Waals surface area contributed by atoms with Gasteiger partial charge in [-0.15, -0.1) is 0 Å². The lowest BCUT2D eigenvalue weighted by Crippen LogP contribution is -2.12. The Kier molecular flexibility index (Phi) is 6.98. The van der Waals surface area contributed by atoms with Gasteiger partial charge in [-0.1, -0.05) is 0 Å². The van der Waals surface area contributed by atoms with E-state index in [1.54, 1.807) is 7.11 Å². The molecule has 0 bridgehead atoms. The zero-order valence-corrected chi connectivity index (χ0v) is 11.1. The van der Waals surface area contributed by atoms with E-state index in [-0.39, 0.29) is 0 Å². The molecule has 0 atom stereocenters. The third-order valence-electron chi connectivity index (χ3n) is 2.32. The monoisotopic (exact) mass is 254 g/mol. The van der Waals surface area contributed by atoms with E-state index in [1.165, 1.54) is 0 Å². The van der Waals surface area contributed by atoms with Crippen LogP contribution in [-0.4, -0.2) is 40.1 Å². The topological polar surface area (TPSA) is 65.7 Å². The van der Waals surface area contributed by atoms with Crippen molar-refractivity contribution >= 4 is 11.4 Å². The summed E-state index contributed by atoms with van der Waals surface area (Å²) in [7, 11) is 1.66. The average Bonchev–Trinajstić information content (AvgIpc) is 2.37. The first-order chi connectivity index (χ1) is 8.77. The van der Waals surface area contributed by atoms with E-state index in [1.807, 2.05) is 25.1 Å². The van der Waals surface area contributed by atoms with Gasteiger partial charge in [0.05, 0.1) is 32.1 Å². The second-order valence-corrected chi connectivity index (χ2v) is 3.72. The maximum Gasteiger partial charge on any atom is 0.144 e. The SMILES string of the molecule is CCOc1cc(NCCOCCOC)ccc1N. The van der Waals surface area contributed by atoms with E-state index in [0.717, 1.165) is 12.2 Å². The molecule has 102 valence electrons. The number of nitrogen functional groups attached to an aromatic ring is 1. The standard InChI is InChI=1S/C13H22N2O3/c1-3-18-13-10-11(4-5-12(13)14)15-6-7-17-9-8-16-2/h4-5,10,15H,3,6-9,14H2,1-2H3. The van der Waals surface area contributed by atoms with Crippen LogP contribution in [0.15, 0.2) is 18.2 Å². The fourth-order valence-corrected chi connectivity index (χ4v) is 1.44. The molecule has 0 unspecified atom stereocenters. The van der Waals surface area contributed by atoms with E-state index in [9.17, 15) is 0 Å². The molecule has 0 aliphatic heterocycles. The summed E-state index contributed by atoms with van der Waals surface area (Å²) in [4.78, 5) is 0. The van der Waals surface area contributed by atoms with E-state index >= 15 is 0 Å². The Morgan fingerprint density at radius 3 is 2.78 bits per heavy atom. The molecule has 18 heavy (non-hydrogen) atoms. The van der Waals surface area contributed by atoms with E-state index in [2.05, 4.69) is 5.32 Å². The van der Waals surface area contributed by atoms with Gasteiger partial charge in [-0.05, 0) is 19.1 Å². The van der Waals surface area contributed by atoms with Crippen molar-refractivity contribution in [2.75, 3.05) is 51.1 Å². The Hall–Kier alpha value is -1.46. The predicted octanol–water partition coefficient (Wildman–Crippen LogP) is 1.74. The van der Waals surface area contributed by atoms with Crippen LogP contribution in [0, 0.1) is 0 Å². The second-order valence-electron chi connectivity index (χ2n) is 3.72. The highest BCUT2D eigenvalue weighted by molar-refractivity contribution is 5.61. The van der Waals surface area contributed by atoms with Crippen molar-refractivity contribution in [2.24, 2.45) is 0 Å². The van der Waals surface area contributed by atoms with Crippen LogP contribution in [0.25, 0.3) is 0 Å². The Morgan fingerprint density at radius 2 is 2.06 bits per heavy atom. The fraction of sp³-hybridized carbons (Fsp3) is 0.538. The van der Waals surface area contributed by atoms with E-state index in [4.69, 9.17) is 19.9 Å². The third-order valence-corrected chi connectivity index (χ3v) is 2.32. The minimum absolute atomic E-state index is 0.605. The summed E-state index contributed by atoms with van der Waals surface area (Å²) in [6.45, 7) is 5.15. The Bertz CT molecular complexity index is 345. The quantitative estimate of drug-likeness (QED) is 0.519. The maximum absolute atomic E-state index is 5.79. The third kappa shape index (κ3) is 5.25. The van der Waals surface area contributed by atoms with Crippen LogP contribution in [0.2, 0.25) is 0 Å². The molecule has 0 saturated carbocycles. The predicted molar refractivity (Wildman–Crippen MR) is 73.2 cm³/mol. The number of hydrogen-bond acceptors (Lipinski definition) is 5. The number of hydrogen-bond donors (Lipinski definition) is 2. The first-order valence-corrected chi connectivity index (χ1v) is 6.10. The number of methoxy groups -OCH3 is 1. The zero-order chi connectivity index (χ0) is 13.2. The van der Waals surface area contributed by atoms with Crippen LogP contribution in [0.1, 0.15) is 6.92 Å². The summed E-state index contributed by atoms with van der Waals surface area (Å²) in [5, 5.41) is 3.25. The van der Waals surface area contributed by atoms with Crippen LogP contribution < -0.4 is 15.8 Å². The molecule has 1 aromatic carbocycles. The second kappa shape index (κ2) is 8.60. The molecule has 5 nitrogen and oxygen atoms in total. The largest absolute Gasteiger partial charge is 0.492 e. The molecule has 0 aliphatic carbocycles. The molecule has 5 heteroatoms. The average molecular weight is 254 g/mol. The van der Waals surface area contributed by atoms with Crippen molar-refractivity contribution in [3.63, 3.8) is 0 Å². The fourth-order valence-electron chi connectivity index (χ4n) is 1.44. The smallest absolute Gasteiger partial charge is 0.144 e. The van der Waals surface area contributed by atoms with Crippen LogP contribution >= 0.6 is 0 Å². The Balaban J connectivity index is 2.31. The number of benzene rings is 1. The summed E-state index contributed by atoms with van der Waals surface area (Å²) in [6.07, 6.45) is 0. The first kappa shape index (κ1) is 14.6. The van der Waals surface area contributed by atoms with Gasteiger partial charge in [0.1, 0.15) is 5.75 Å². The summed E-state index contributed by atoms with van der Waals surface area (Å²) in [6, 6.07) is 5.65. The Labute approximate surface area is 108 Å². The summed E-state index contributed by atoms with van der Waals surface area (Å²) in [5.74, 6) is 0.711. The molecule has 0 aromatic heterocycles. The Morgan fingerprint density at radius 1 is 1.22 bits per heavy atom. The van der Waals surface area contributed by atoms with Crippen molar-refractivity contribution in [3.8, 4) is 5.75 Å². The molecular formula is C13H22N2O3. The van der Waals surface area contributed by atoms with Crippen molar-refractivity contribution in [1.82, 2.24) is 0 Å². The molecular weight excluding hydrogens is 232 g/mol. The molecule has 0 saturated heterocycles. The number of ether oxygens (including phenoxy) is 3. The van der Waals surface area contributed by atoms with Gasteiger partial charge in [-0.25, -0.2) is 0 Å². The molecule has 0 aliphatic rings. The van der Waals surface area contributed by atoms with Crippen molar-refractivity contribution in [2.45, 2.75) is 6.92 Å². The summed E-state index contributed by atoms with van der Waals surface area (Å²) in [5.41, 5.74) is 7.42. The molecule has 0 radical (unpaired) electrons. The van der Waals surface area contributed by atoms with Crippen molar-refractivity contribution in [3.05, 3.63) is 18.2 Å². The molecule has 1 aromatic rings. The molecule has 3 N–H and O–H groups in total. The van der Waals surface area contributed by atoms with Crippen LogP contribution in [0.5, 0.6) is 5.75 Å².